The summed E-state index contributed by atoms with van der Waals surface area (Å²) in [5.41, 5.74) is 3.83. The zero-order chi connectivity index (χ0) is 19.2. The van der Waals surface area contributed by atoms with Gasteiger partial charge in [-0.25, -0.2) is 19.4 Å². The molecule has 0 amide bonds. The predicted octanol–water partition coefficient (Wildman–Crippen LogP) is 3.00. The highest BCUT2D eigenvalue weighted by atomic mass is 19.1. The summed E-state index contributed by atoms with van der Waals surface area (Å²) in [6, 6.07) is 9.48. The van der Waals surface area contributed by atoms with Crippen LogP contribution in [0.25, 0.3) is 17.0 Å². The number of hydrogen-bond acceptors (Lipinski definition) is 5. The van der Waals surface area contributed by atoms with Gasteiger partial charge in [-0.1, -0.05) is 32.9 Å². The van der Waals surface area contributed by atoms with Crippen molar-refractivity contribution in [2.45, 2.75) is 38.4 Å². The Morgan fingerprint density at radius 2 is 2.00 bits per heavy atom. The number of aromatic nitrogens is 3. The lowest BCUT2D eigenvalue weighted by molar-refractivity contribution is 0.292. The second kappa shape index (κ2) is 6.58. The van der Waals surface area contributed by atoms with E-state index in [1.54, 1.807) is 0 Å². The molecule has 4 rings (SSSR count). The molecular formula is C20H25FN6. The van der Waals surface area contributed by atoms with Crippen LogP contribution in [-0.4, -0.2) is 44.7 Å². The maximum absolute atomic E-state index is 14.0. The molecule has 3 aromatic heterocycles. The molecule has 7 heteroatoms. The van der Waals surface area contributed by atoms with Crippen molar-refractivity contribution < 1.29 is 4.39 Å². The Bertz CT molecular complexity index is 961. The number of nitrogens with two attached hydrogens (primary N) is 1. The lowest BCUT2D eigenvalue weighted by Gasteiger charge is -2.19. The van der Waals surface area contributed by atoms with Crippen LogP contribution in [0.1, 0.15) is 26.3 Å². The van der Waals surface area contributed by atoms with Gasteiger partial charge in [-0.3, -0.25) is 10.2 Å². The molecule has 0 aromatic carbocycles. The molecule has 1 aliphatic heterocycles. The minimum Gasteiger partial charge on any atom is -0.363 e. The van der Waals surface area contributed by atoms with Gasteiger partial charge in [-0.2, -0.15) is 0 Å². The average molecular weight is 368 g/mol. The van der Waals surface area contributed by atoms with E-state index in [0.29, 0.717) is 12.4 Å². The van der Waals surface area contributed by atoms with Crippen molar-refractivity contribution in [2.75, 3.05) is 18.4 Å². The maximum atomic E-state index is 14.0. The van der Waals surface area contributed by atoms with Crippen LogP contribution in [0.2, 0.25) is 0 Å². The number of rotatable bonds is 3. The number of hydrazine groups is 1. The molecule has 0 spiro atoms. The summed E-state index contributed by atoms with van der Waals surface area (Å²) in [5, 5.41) is 4.66. The third-order valence-corrected chi connectivity index (χ3v) is 4.99. The molecular weight excluding hydrogens is 343 g/mol. The molecule has 1 saturated heterocycles. The number of fused-ring (bicyclic) bond motifs is 1. The van der Waals surface area contributed by atoms with E-state index in [4.69, 9.17) is 5.84 Å². The van der Waals surface area contributed by atoms with E-state index >= 15 is 0 Å². The second-order valence-corrected chi connectivity index (χ2v) is 8.17. The van der Waals surface area contributed by atoms with Crippen molar-refractivity contribution in [3.05, 3.63) is 48.3 Å². The zero-order valence-corrected chi connectivity index (χ0v) is 15.9. The van der Waals surface area contributed by atoms with Crippen LogP contribution >= 0.6 is 0 Å². The third kappa shape index (κ3) is 3.52. The first-order valence-corrected chi connectivity index (χ1v) is 9.16. The monoisotopic (exact) mass is 368 g/mol. The van der Waals surface area contributed by atoms with E-state index in [0.717, 1.165) is 17.0 Å². The van der Waals surface area contributed by atoms with Crippen LogP contribution in [-0.2, 0) is 5.41 Å². The fourth-order valence-corrected chi connectivity index (χ4v) is 3.39. The minimum absolute atomic E-state index is 0.0409. The predicted molar refractivity (Wildman–Crippen MR) is 105 cm³/mol. The molecule has 3 N–H and O–H groups in total. The fourth-order valence-electron chi connectivity index (χ4n) is 3.39. The SMILES string of the molecule is CC(C)(C)c1ccc2ncc(-c3cccc(N[C@H]4CN(N)C[C@@H]4F)n3)n2c1. The Hall–Kier alpha value is -2.51. The van der Waals surface area contributed by atoms with Crippen LogP contribution in [0, 0.1) is 0 Å². The van der Waals surface area contributed by atoms with Crippen molar-refractivity contribution >= 4 is 11.5 Å². The van der Waals surface area contributed by atoms with Crippen molar-refractivity contribution in [2.24, 2.45) is 5.84 Å². The number of hydrogen-bond donors (Lipinski definition) is 2. The summed E-state index contributed by atoms with van der Waals surface area (Å²) in [6.07, 6.45) is 2.93. The summed E-state index contributed by atoms with van der Waals surface area (Å²) in [7, 11) is 0. The zero-order valence-electron chi connectivity index (χ0n) is 15.9. The van der Waals surface area contributed by atoms with Gasteiger partial charge in [-0.05, 0) is 29.2 Å². The molecule has 0 unspecified atom stereocenters. The number of alkyl halides is 1. The Labute approximate surface area is 158 Å². The van der Waals surface area contributed by atoms with Gasteiger partial charge in [0.1, 0.15) is 17.6 Å². The summed E-state index contributed by atoms with van der Waals surface area (Å²) in [4.78, 5) is 9.17. The van der Waals surface area contributed by atoms with E-state index in [9.17, 15) is 4.39 Å². The van der Waals surface area contributed by atoms with E-state index in [-0.39, 0.29) is 18.0 Å². The van der Waals surface area contributed by atoms with Gasteiger partial charge in [-0.15, -0.1) is 0 Å². The maximum Gasteiger partial charge on any atom is 0.137 e. The summed E-state index contributed by atoms with van der Waals surface area (Å²) < 4.78 is 16.1. The van der Waals surface area contributed by atoms with Crippen LogP contribution in [0.5, 0.6) is 0 Å². The molecule has 142 valence electrons. The number of nitrogens with zero attached hydrogens (tertiary/aromatic N) is 4. The smallest absolute Gasteiger partial charge is 0.137 e. The normalized spacial score (nSPS) is 21.1. The molecule has 4 heterocycles. The topological polar surface area (TPSA) is 71.5 Å². The highest BCUT2D eigenvalue weighted by molar-refractivity contribution is 5.62. The number of imidazole rings is 1. The molecule has 3 aromatic rings. The van der Waals surface area contributed by atoms with Crippen LogP contribution < -0.4 is 11.2 Å². The minimum atomic E-state index is -1.01. The molecule has 1 fully saturated rings. The summed E-state index contributed by atoms with van der Waals surface area (Å²) in [5.74, 6) is 6.35. The van der Waals surface area contributed by atoms with Crippen LogP contribution in [0.4, 0.5) is 10.2 Å². The quantitative estimate of drug-likeness (QED) is 0.696. The van der Waals surface area contributed by atoms with E-state index in [2.05, 4.69) is 52.7 Å². The number of nitrogens with one attached hydrogen (secondary N) is 1. The van der Waals surface area contributed by atoms with Gasteiger partial charge in [0.2, 0.25) is 0 Å². The highest BCUT2D eigenvalue weighted by Crippen LogP contribution is 2.26. The van der Waals surface area contributed by atoms with Crippen molar-refractivity contribution in [1.82, 2.24) is 19.4 Å². The van der Waals surface area contributed by atoms with Crippen molar-refractivity contribution in [3.8, 4) is 11.4 Å². The third-order valence-electron chi connectivity index (χ3n) is 4.99. The molecule has 27 heavy (non-hydrogen) atoms. The average Bonchev–Trinajstić information content (AvgIpc) is 3.16. The van der Waals surface area contributed by atoms with Gasteiger partial charge < -0.3 is 5.32 Å². The Kier molecular flexibility index (Phi) is 4.36. The lowest BCUT2D eigenvalue weighted by atomic mass is 9.88. The van der Waals surface area contributed by atoms with Gasteiger partial charge >= 0.3 is 0 Å². The largest absolute Gasteiger partial charge is 0.363 e. The molecule has 2 atom stereocenters. The number of anilines is 1. The van der Waals surface area contributed by atoms with Crippen LogP contribution in [0.15, 0.2) is 42.7 Å². The summed E-state index contributed by atoms with van der Waals surface area (Å²) >= 11 is 0. The number of pyridine rings is 2. The van der Waals surface area contributed by atoms with E-state index < -0.39 is 6.17 Å². The summed E-state index contributed by atoms with van der Waals surface area (Å²) in [6.45, 7) is 7.24. The van der Waals surface area contributed by atoms with Crippen LogP contribution in [0.3, 0.4) is 0 Å². The molecule has 0 saturated carbocycles. The Morgan fingerprint density at radius 3 is 2.70 bits per heavy atom. The van der Waals surface area contributed by atoms with Gasteiger partial charge in [0.15, 0.2) is 0 Å². The Balaban J connectivity index is 1.67. The first kappa shape index (κ1) is 17.9. The van der Waals surface area contributed by atoms with Crippen molar-refractivity contribution in [3.63, 3.8) is 0 Å². The molecule has 0 bridgehead atoms. The lowest BCUT2D eigenvalue weighted by Crippen LogP contribution is -2.32. The van der Waals surface area contributed by atoms with Gasteiger partial charge in [0, 0.05) is 19.3 Å². The standard InChI is InChI=1S/C20H25FN6/c1-20(2,3)13-7-8-19-23-9-17(27(19)10-13)15-5-4-6-18(24-15)25-16-12-26(22)11-14(16)21/h4-10,14,16H,11-12,22H2,1-3H3,(H,24,25)/t14-,16-/m0/s1. The number of halogens is 1. The molecule has 1 aliphatic rings. The van der Waals surface area contributed by atoms with Gasteiger partial charge in [0.05, 0.1) is 23.6 Å². The Morgan fingerprint density at radius 1 is 1.19 bits per heavy atom. The molecule has 0 radical (unpaired) electrons. The molecule has 6 nitrogen and oxygen atoms in total. The van der Waals surface area contributed by atoms with Crippen molar-refractivity contribution in [1.29, 1.82) is 0 Å². The van der Waals surface area contributed by atoms with E-state index in [1.165, 1.54) is 10.6 Å². The van der Waals surface area contributed by atoms with Gasteiger partial charge in [0.25, 0.3) is 0 Å². The molecule has 0 aliphatic carbocycles. The fraction of sp³-hybridized carbons (Fsp3) is 0.400. The van der Waals surface area contributed by atoms with E-state index in [1.807, 2.05) is 30.5 Å². The second-order valence-electron chi connectivity index (χ2n) is 8.17. The first-order chi connectivity index (χ1) is 12.8. The first-order valence-electron chi connectivity index (χ1n) is 9.16. The highest BCUT2D eigenvalue weighted by Gasteiger charge is 2.31.